The lowest BCUT2D eigenvalue weighted by atomic mass is 10.00. The normalized spacial score (nSPS) is 12.6. The van der Waals surface area contributed by atoms with E-state index in [-0.39, 0.29) is 24.8 Å². The Balaban J connectivity index is 1.77. The van der Waals surface area contributed by atoms with E-state index in [4.69, 9.17) is 0 Å². The van der Waals surface area contributed by atoms with Crippen molar-refractivity contribution in [1.82, 2.24) is 15.1 Å². The highest BCUT2D eigenvalue weighted by Gasteiger charge is 2.40. The first-order valence-corrected chi connectivity index (χ1v) is 9.03. The maximum atomic E-state index is 13.7. The molecule has 1 unspecified atom stereocenters. The van der Waals surface area contributed by atoms with Gasteiger partial charge in [-0.05, 0) is 24.1 Å². The number of alkyl halides is 3. The van der Waals surface area contributed by atoms with Gasteiger partial charge < -0.3 is 10.4 Å². The summed E-state index contributed by atoms with van der Waals surface area (Å²) >= 11 is 0. The molecule has 0 bridgehead atoms. The van der Waals surface area contributed by atoms with Crippen LogP contribution in [0.3, 0.4) is 0 Å². The van der Waals surface area contributed by atoms with E-state index in [1.807, 2.05) is 30.3 Å². The maximum absolute atomic E-state index is 13.7. The van der Waals surface area contributed by atoms with E-state index in [2.05, 4.69) is 10.4 Å². The number of aromatic nitrogens is 2. The molecule has 29 heavy (non-hydrogen) atoms. The molecule has 152 valence electrons. The number of hydrogen-bond donors (Lipinski definition) is 2. The lowest BCUT2D eigenvalue weighted by molar-refractivity contribution is -0.143. The van der Waals surface area contributed by atoms with Crippen molar-refractivity contribution in [3.63, 3.8) is 0 Å². The van der Waals surface area contributed by atoms with Crippen LogP contribution in [0.15, 0.2) is 66.9 Å². The molecule has 8 heteroatoms. The first kappa shape index (κ1) is 20.6. The van der Waals surface area contributed by atoms with Gasteiger partial charge in [0.1, 0.15) is 0 Å². The first-order valence-electron chi connectivity index (χ1n) is 9.03. The molecule has 0 saturated heterocycles. The number of nitrogens with zero attached hydrogens (tertiary/aromatic N) is 2. The van der Waals surface area contributed by atoms with Crippen molar-refractivity contribution in [3.05, 3.63) is 83.7 Å². The number of rotatable bonds is 7. The van der Waals surface area contributed by atoms with Crippen molar-refractivity contribution in [3.8, 4) is 5.69 Å². The van der Waals surface area contributed by atoms with Gasteiger partial charge in [-0.1, -0.05) is 48.5 Å². The van der Waals surface area contributed by atoms with Crippen molar-refractivity contribution < 1.29 is 23.1 Å². The van der Waals surface area contributed by atoms with Crippen LogP contribution in [0.1, 0.15) is 21.6 Å². The molecule has 0 aliphatic heterocycles. The van der Waals surface area contributed by atoms with E-state index in [1.54, 1.807) is 18.2 Å². The minimum Gasteiger partial charge on any atom is -0.396 e. The van der Waals surface area contributed by atoms with Gasteiger partial charge in [-0.3, -0.25) is 4.79 Å². The van der Waals surface area contributed by atoms with Gasteiger partial charge in [-0.2, -0.15) is 18.3 Å². The number of carbonyl (C=O) groups excluding carboxylic acids is 1. The number of carbonyl (C=O) groups is 1. The third-order valence-electron chi connectivity index (χ3n) is 4.46. The van der Waals surface area contributed by atoms with Gasteiger partial charge >= 0.3 is 6.18 Å². The van der Waals surface area contributed by atoms with E-state index in [1.165, 1.54) is 12.1 Å². The lowest BCUT2D eigenvalue weighted by Gasteiger charge is -2.16. The smallest absolute Gasteiger partial charge is 0.396 e. The third kappa shape index (κ3) is 5.03. The van der Waals surface area contributed by atoms with Gasteiger partial charge in [0, 0.05) is 19.1 Å². The Kier molecular flexibility index (Phi) is 6.33. The second-order valence-electron chi connectivity index (χ2n) is 6.60. The molecule has 1 atom stereocenters. The van der Waals surface area contributed by atoms with E-state index in [0.29, 0.717) is 11.1 Å². The SMILES string of the molecule is O=C(NCC(CO)Cc1ccccc1)c1cnn(-c2ccccc2)c1C(F)(F)F. The molecule has 2 N–H and O–H groups in total. The van der Waals surface area contributed by atoms with Gasteiger partial charge in [0.15, 0.2) is 5.69 Å². The summed E-state index contributed by atoms with van der Waals surface area (Å²) in [4.78, 5) is 12.5. The van der Waals surface area contributed by atoms with Crippen LogP contribution in [0.4, 0.5) is 13.2 Å². The van der Waals surface area contributed by atoms with Crippen molar-refractivity contribution in [2.75, 3.05) is 13.2 Å². The molecule has 0 saturated carbocycles. The average molecular weight is 403 g/mol. The second-order valence-corrected chi connectivity index (χ2v) is 6.60. The predicted octanol–water partition coefficient (Wildman–Crippen LogP) is 3.47. The van der Waals surface area contributed by atoms with Gasteiger partial charge in [0.25, 0.3) is 5.91 Å². The molecule has 1 amide bonds. The van der Waals surface area contributed by atoms with Crippen molar-refractivity contribution in [1.29, 1.82) is 0 Å². The van der Waals surface area contributed by atoms with Gasteiger partial charge in [0.05, 0.1) is 17.4 Å². The molecule has 3 aromatic rings. The minimum atomic E-state index is -4.76. The molecule has 3 rings (SSSR count). The average Bonchev–Trinajstić information content (AvgIpc) is 3.18. The maximum Gasteiger partial charge on any atom is 0.434 e. The molecule has 2 aromatic carbocycles. The minimum absolute atomic E-state index is 0.0397. The molecular weight excluding hydrogens is 383 g/mol. The molecule has 0 aliphatic rings. The van der Waals surface area contributed by atoms with Crippen LogP contribution < -0.4 is 5.32 Å². The fourth-order valence-corrected chi connectivity index (χ4v) is 3.03. The van der Waals surface area contributed by atoms with Gasteiger partial charge in [-0.15, -0.1) is 0 Å². The number of aliphatic hydroxyl groups is 1. The van der Waals surface area contributed by atoms with Crippen molar-refractivity contribution in [2.24, 2.45) is 5.92 Å². The van der Waals surface area contributed by atoms with Crippen molar-refractivity contribution >= 4 is 5.91 Å². The summed E-state index contributed by atoms with van der Waals surface area (Å²) < 4.78 is 41.7. The van der Waals surface area contributed by atoms with Crippen LogP contribution in [0.25, 0.3) is 5.69 Å². The zero-order valence-corrected chi connectivity index (χ0v) is 15.4. The highest BCUT2D eigenvalue weighted by molar-refractivity contribution is 5.95. The molecular formula is C21H20F3N3O2. The fraction of sp³-hybridized carbons (Fsp3) is 0.238. The van der Waals surface area contributed by atoms with E-state index in [0.717, 1.165) is 11.8 Å². The third-order valence-corrected chi connectivity index (χ3v) is 4.46. The molecule has 0 radical (unpaired) electrons. The summed E-state index contributed by atoms with van der Waals surface area (Å²) in [6.45, 7) is -0.164. The summed E-state index contributed by atoms with van der Waals surface area (Å²) in [7, 11) is 0. The van der Waals surface area contributed by atoms with Gasteiger partial charge in [0.2, 0.25) is 0 Å². The van der Waals surface area contributed by atoms with Crippen LogP contribution in [0.5, 0.6) is 0 Å². The van der Waals surface area contributed by atoms with E-state index >= 15 is 0 Å². The topological polar surface area (TPSA) is 67.2 Å². The Morgan fingerprint density at radius 1 is 1.07 bits per heavy atom. The Labute approximate surface area is 165 Å². The molecule has 5 nitrogen and oxygen atoms in total. The number of hydrogen-bond acceptors (Lipinski definition) is 3. The summed E-state index contributed by atoms with van der Waals surface area (Å²) in [5.74, 6) is -1.20. The summed E-state index contributed by atoms with van der Waals surface area (Å²) in [5.41, 5.74) is -0.521. The first-order chi connectivity index (χ1) is 13.9. The zero-order valence-electron chi connectivity index (χ0n) is 15.4. The fourth-order valence-electron chi connectivity index (χ4n) is 3.03. The second kappa shape index (κ2) is 8.91. The highest BCUT2D eigenvalue weighted by Crippen LogP contribution is 2.33. The zero-order chi connectivity index (χ0) is 20.9. The molecule has 0 aliphatic carbocycles. The Hall–Kier alpha value is -3.13. The predicted molar refractivity (Wildman–Crippen MR) is 102 cm³/mol. The highest BCUT2D eigenvalue weighted by atomic mass is 19.4. The van der Waals surface area contributed by atoms with E-state index in [9.17, 15) is 23.1 Å². The monoisotopic (exact) mass is 403 g/mol. The van der Waals surface area contributed by atoms with Crippen LogP contribution >= 0.6 is 0 Å². The molecule has 0 fully saturated rings. The van der Waals surface area contributed by atoms with Crippen LogP contribution in [0, 0.1) is 5.92 Å². The Bertz CT molecular complexity index is 941. The summed E-state index contributed by atoms with van der Waals surface area (Å²) in [6.07, 6.45) is -3.36. The Morgan fingerprint density at radius 2 is 1.69 bits per heavy atom. The molecule has 1 aromatic heterocycles. The lowest BCUT2D eigenvalue weighted by Crippen LogP contribution is -2.33. The number of halogens is 3. The quantitative estimate of drug-likeness (QED) is 0.635. The van der Waals surface area contributed by atoms with E-state index < -0.39 is 23.3 Å². The number of amides is 1. The standard InChI is InChI=1S/C21H20F3N3O2/c22-21(23,24)19-18(13-26-27(19)17-9-5-2-6-10-17)20(29)25-12-16(14-28)11-15-7-3-1-4-8-15/h1-10,13,16,28H,11-12,14H2,(H,25,29). The van der Waals surface area contributed by atoms with Crippen molar-refractivity contribution in [2.45, 2.75) is 12.6 Å². The van der Waals surface area contributed by atoms with Gasteiger partial charge in [-0.25, -0.2) is 4.68 Å². The number of aliphatic hydroxyl groups excluding tert-OH is 1. The molecule has 1 heterocycles. The number of nitrogens with one attached hydrogen (secondary N) is 1. The number of para-hydroxylation sites is 1. The van der Waals surface area contributed by atoms with Crippen LogP contribution in [-0.4, -0.2) is 33.9 Å². The van der Waals surface area contributed by atoms with Crippen LogP contribution in [0.2, 0.25) is 0 Å². The molecule has 0 spiro atoms. The van der Waals surface area contributed by atoms with Crippen LogP contribution in [-0.2, 0) is 12.6 Å². The summed E-state index contributed by atoms with van der Waals surface area (Å²) in [6, 6.07) is 17.2. The largest absolute Gasteiger partial charge is 0.434 e. The summed E-state index contributed by atoms with van der Waals surface area (Å²) in [5, 5.41) is 15.8. The number of benzene rings is 2. The Morgan fingerprint density at radius 3 is 2.28 bits per heavy atom.